The Labute approximate surface area is 182 Å². The lowest BCUT2D eigenvalue weighted by atomic mass is 10.1. The van der Waals surface area contributed by atoms with Gasteiger partial charge >= 0.3 is 0 Å². The minimum absolute atomic E-state index is 0.254. The molecule has 1 fully saturated rings. The Bertz CT molecular complexity index is 1090. The molecule has 10 nitrogen and oxygen atoms in total. The lowest BCUT2D eigenvalue weighted by Gasteiger charge is -2.20. The summed E-state index contributed by atoms with van der Waals surface area (Å²) in [6.45, 7) is -0.254. The first-order valence-electron chi connectivity index (χ1n) is 9.25. The second-order valence-corrected chi connectivity index (χ2v) is 7.24. The highest BCUT2D eigenvalue weighted by Crippen LogP contribution is 2.36. The molecule has 2 atom stereocenters. The molecule has 1 saturated heterocycles. The van der Waals surface area contributed by atoms with Crippen LogP contribution in [0.2, 0.25) is 5.02 Å². The van der Waals surface area contributed by atoms with Gasteiger partial charge in [-0.3, -0.25) is 19.4 Å². The molecule has 2 aliphatic heterocycles. The molecule has 31 heavy (non-hydrogen) atoms. The predicted octanol–water partition coefficient (Wildman–Crippen LogP) is 2.29. The second-order valence-electron chi connectivity index (χ2n) is 6.80. The number of nitrogens with one attached hydrogen (secondary N) is 1. The number of anilines is 2. The van der Waals surface area contributed by atoms with E-state index in [-0.39, 0.29) is 6.54 Å². The van der Waals surface area contributed by atoms with Crippen molar-refractivity contribution in [2.24, 2.45) is 10.3 Å². The SMILES string of the molecule is COc1ccc(N2C(=O)[C@@H]3N=NN(CC(=O)Nc4cccc(Cl)c4)[C@H]3C2=O)cc1OC. The first kappa shape index (κ1) is 20.6. The van der Waals surface area contributed by atoms with Gasteiger partial charge in [0, 0.05) is 16.8 Å². The molecule has 0 spiro atoms. The van der Waals surface area contributed by atoms with Crippen molar-refractivity contribution in [2.45, 2.75) is 12.1 Å². The molecular formula is C20H18ClN5O5. The summed E-state index contributed by atoms with van der Waals surface area (Å²) >= 11 is 5.92. The van der Waals surface area contributed by atoms with E-state index in [1.54, 1.807) is 36.4 Å². The maximum atomic E-state index is 13.1. The van der Waals surface area contributed by atoms with Crippen LogP contribution in [-0.4, -0.2) is 55.6 Å². The number of benzene rings is 2. The number of methoxy groups -OCH3 is 2. The third-order valence-electron chi connectivity index (χ3n) is 4.90. The fourth-order valence-corrected chi connectivity index (χ4v) is 3.68. The van der Waals surface area contributed by atoms with Gasteiger partial charge in [0.25, 0.3) is 11.8 Å². The Kier molecular flexibility index (Phi) is 5.47. The quantitative estimate of drug-likeness (QED) is 0.685. The van der Waals surface area contributed by atoms with Crippen molar-refractivity contribution in [2.75, 3.05) is 31.0 Å². The first-order chi connectivity index (χ1) is 14.9. The minimum Gasteiger partial charge on any atom is -0.493 e. The van der Waals surface area contributed by atoms with Gasteiger partial charge in [-0.05, 0) is 30.3 Å². The summed E-state index contributed by atoms with van der Waals surface area (Å²) in [6, 6.07) is 9.35. The Balaban J connectivity index is 1.51. The van der Waals surface area contributed by atoms with Crippen LogP contribution in [0.25, 0.3) is 0 Å². The summed E-state index contributed by atoms with van der Waals surface area (Å²) in [5.41, 5.74) is 0.826. The molecule has 3 amide bonds. The fourth-order valence-electron chi connectivity index (χ4n) is 3.49. The van der Waals surface area contributed by atoms with Crippen LogP contribution in [-0.2, 0) is 14.4 Å². The normalized spacial score (nSPS) is 19.6. The smallest absolute Gasteiger partial charge is 0.263 e. The molecule has 4 rings (SSSR count). The van der Waals surface area contributed by atoms with E-state index in [0.29, 0.717) is 27.9 Å². The molecule has 0 saturated carbocycles. The summed E-state index contributed by atoms with van der Waals surface area (Å²) in [7, 11) is 2.94. The van der Waals surface area contributed by atoms with Crippen molar-refractivity contribution in [1.82, 2.24) is 5.01 Å². The number of hydrogen-bond donors (Lipinski definition) is 1. The van der Waals surface area contributed by atoms with E-state index in [0.717, 1.165) is 4.90 Å². The molecule has 160 valence electrons. The van der Waals surface area contributed by atoms with Crippen molar-refractivity contribution in [1.29, 1.82) is 0 Å². The number of nitrogens with zero attached hydrogens (tertiary/aromatic N) is 4. The second kappa shape index (κ2) is 8.23. The molecule has 0 radical (unpaired) electrons. The zero-order valence-corrected chi connectivity index (χ0v) is 17.4. The van der Waals surface area contributed by atoms with Gasteiger partial charge in [0.15, 0.2) is 23.6 Å². The van der Waals surface area contributed by atoms with E-state index in [2.05, 4.69) is 15.7 Å². The summed E-state index contributed by atoms with van der Waals surface area (Å²) in [5.74, 6) is -0.639. The topological polar surface area (TPSA) is 113 Å². The van der Waals surface area contributed by atoms with Crippen molar-refractivity contribution in [3.8, 4) is 11.5 Å². The fraction of sp³-hybridized carbons (Fsp3) is 0.250. The van der Waals surface area contributed by atoms with E-state index in [1.165, 1.54) is 25.3 Å². The van der Waals surface area contributed by atoms with Crippen LogP contribution in [0.15, 0.2) is 52.8 Å². The van der Waals surface area contributed by atoms with Crippen LogP contribution in [0.3, 0.4) is 0 Å². The lowest BCUT2D eigenvalue weighted by molar-refractivity contribution is -0.123. The Morgan fingerprint density at radius 1 is 1.10 bits per heavy atom. The van der Waals surface area contributed by atoms with Gasteiger partial charge in [0.1, 0.15) is 6.54 Å². The van der Waals surface area contributed by atoms with Gasteiger partial charge in [-0.25, -0.2) is 4.90 Å². The number of halogens is 1. The zero-order valence-electron chi connectivity index (χ0n) is 16.6. The number of fused-ring (bicyclic) bond motifs is 1. The van der Waals surface area contributed by atoms with E-state index in [9.17, 15) is 14.4 Å². The van der Waals surface area contributed by atoms with Crippen LogP contribution < -0.4 is 19.7 Å². The first-order valence-corrected chi connectivity index (χ1v) is 9.63. The molecule has 0 aliphatic carbocycles. The van der Waals surface area contributed by atoms with Crippen LogP contribution in [0.1, 0.15) is 0 Å². The van der Waals surface area contributed by atoms with Crippen LogP contribution >= 0.6 is 11.6 Å². The lowest BCUT2D eigenvalue weighted by Crippen LogP contribution is -2.43. The van der Waals surface area contributed by atoms with Gasteiger partial charge in [0.2, 0.25) is 5.91 Å². The summed E-state index contributed by atoms with van der Waals surface area (Å²) in [4.78, 5) is 39.4. The molecule has 11 heteroatoms. The minimum atomic E-state index is -1.01. The van der Waals surface area contributed by atoms with Crippen molar-refractivity contribution in [3.05, 3.63) is 47.5 Å². The number of carbonyl (C=O) groups is 3. The standard InChI is InChI=1S/C20H18ClN5O5/c1-30-14-7-6-13(9-15(14)31-2)26-19(28)17-18(20(26)29)25(24-23-17)10-16(27)22-12-5-3-4-11(21)8-12/h3-9,17-18H,10H2,1-2H3,(H,22,27)/t17-,18-/m1/s1. The van der Waals surface area contributed by atoms with Crippen LogP contribution in [0, 0.1) is 0 Å². The maximum absolute atomic E-state index is 13.1. The van der Waals surface area contributed by atoms with Gasteiger partial charge in [-0.15, -0.1) is 0 Å². The number of imide groups is 1. The highest BCUT2D eigenvalue weighted by atomic mass is 35.5. The number of carbonyl (C=O) groups excluding carboxylic acids is 3. The van der Waals surface area contributed by atoms with Gasteiger partial charge in [0.05, 0.1) is 19.9 Å². The zero-order chi connectivity index (χ0) is 22.1. The third-order valence-corrected chi connectivity index (χ3v) is 5.13. The molecule has 2 aromatic carbocycles. The molecule has 0 unspecified atom stereocenters. The van der Waals surface area contributed by atoms with Crippen LogP contribution in [0.4, 0.5) is 11.4 Å². The summed E-state index contributed by atoms with van der Waals surface area (Å²) in [5, 5.41) is 12.2. The molecule has 2 aromatic rings. The van der Waals surface area contributed by atoms with Crippen LogP contribution in [0.5, 0.6) is 11.5 Å². The van der Waals surface area contributed by atoms with Crippen molar-refractivity contribution in [3.63, 3.8) is 0 Å². The largest absolute Gasteiger partial charge is 0.493 e. The van der Waals surface area contributed by atoms with Crippen molar-refractivity contribution < 1.29 is 23.9 Å². The molecule has 0 aromatic heterocycles. The van der Waals surface area contributed by atoms with Gasteiger partial charge in [-0.1, -0.05) is 22.9 Å². The molecule has 2 aliphatic rings. The Hall–Kier alpha value is -3.66. The van der Waals surface area contributed by atoms with Crippen molar-refractivity contribution >= 4 is 40.7 Å². The summed E-state index contributed by atoms with van der Waals surface area (Å²) < 4.78 is 10.4. The average Bonchev–Trinajstić information content (AvgIpc) is 3.27. The van der Waals surface area contributed by atoms with E-state index < -0.39 is 29.8 Å². The van der Waals surface area contributed by atoms with E-state index in [4.69, 9.17) is 21.1 Å². The van der Waals surface area contributed by atoms with Gasteiger partial charge in [-0.2, -0.15) is 5.11 Å². The average molecular weight is 444 g/mol. The highest BCUT2D eigenvalue weighted by Gasteiger charge is 2.55. The number of ether oxygens (including phenoxy) is 2. The van der Waals surface area contributed by atoms with E-state index >= 15 is 0 Å². The predicted molar refractivity (Wildman–Crippen MR) is 111 cm³/mol. The third kappa shape index (κ3) is 3.77. The van der Waals surface area contributed by atoms with Gasteiger partial charge < -0.3 is 14.8 Å². The maximum Gasteiger partial charge on any atom is 0.263 e. The number of amides is 3. The number of rotatable bonds is 6. The number of hydrogen-bond acceptors (Lipinski definition) is 8. The molecule has 2 heterocycles. The van der Waals surface area contributed by atoms with E-state index in [1.807, 2.05) is 0 Å². The summed E-state index contributed by atoms with van der Waals surface area (Å²) in [6.07, 6.45) is 0. The Morgan fingerprint density at radius 3 is 2.58 bits per heavy atom. The molecule has 0 bridgehead atoms. The highest BCUT2D eigenvalue weighted by molar-refractivity contribution is 6.31. The molecular weight excluding hydrogens is 426 g/mol. The monoisotopic (exact) mass is 443 g/mol. The Morgan fingerprint density at radius 2 is 1.87 bits per heavy atom. The molecule has 1 N–H and O–H groups in total.